The average molecular weight is 461 g/mol. The second-order valence-electron chi connectivity index (χ2n) is 8.14. The van der Waals surface area contributed by atoms with E-state index in [0.717, 1.165) is 29.0 Å². The quantitative estimate of drug-likeness (QED) is 0.622. The van der Waals surface area contributed by atoms with E-state index in [4.69, 9.17) is 9.47 Å². The fraction of sp³-hybridized carbons (Fsp3) is 0.458. The Bertz CT molecular complexity index is 987. The predicted molar refractivity (Wildman–Crippen MR) is 126 cm³/mol. The van der Waals surface area contributed by atoms with Crippen molar-refractivity contribution < 1.29 is 22.7 Å². The second-order valence-corrected chi connectivity index (χ2v) is 10.00. The molecule has 174 valence electrons. The molecule has 0 unspecified atom stereocenters. The van der Waals surface area contributed by atoms with Gasteiger partial charge in [0.1, 0.15) is 11.8 Å². The van der Waals surface area contributed by atoms with Crippen molar-refractivity contribution in [3.8, 4) is 5.75 Å². The molecule has 1 aliphatic rings. The summed E-state index contributed by atoms with van der Waals surface area (Å²) in [6.07, 6.45) is 2.69. The summed E-state index contributed by atoms with van der Waals surface area (Å²) in [4.78, 5) is 13.1. The van der Waals surface area contributed by atoms with Crippen molar-refractivity contribution in [2.75, 3.05) is 36.9 Å². The Morgan fingerprint density at radius 3 is 2.31 bits per heavy atom. The molecule has 1 N–H and O–H groups in total. The number of benzene rings is 2. The van der Waals surface area contributed by atoms with E-state index in [0.29, 0.717) is 37.8 Å². The van der Waals surface area contributed by atoms with Gasteiger partial charge in [0.2, 0.25) is 15.9 Å². The van der Waals surface area contributed by atoms with Crippen LogP contribution in [0, 0.1) is 0 Å². The monoisotopic (exact) mass is 460 g/mol. The Morgan fingerprint density at radius 1 is 1.12 bits per heavy atom. The molecule has 8 heteroatoms. The van der Waals surface area contributed by atoms with Gasteiger partial charge in [0.15, 0.2) is 0 Å². The zero-order chi connectivity index (χ0) is 23.2. The van der Waals surface area contributed by atoms with Gasteiger partial charge in [0, 0.05) is 25.2 Å². The zero-order valence-corrected chi connectivity index (χ0v) is 19.7. The van der Waals surface area contributed by atoms with Crippen LogP contribution in [-0.2, 0) is 25.0 Å². The second kappa shape index (κ2) is 10.4. The summed E-state index contributed by atoms with van der Waals surface area (Å²) >= 11 is 0. The third-order valence-corrected chi connectivity index (χ3v) is 7.17. The van der Waals surface area contributed by atoms with Crippen LogP contribution in [0.5, 0.6) is 5.75 Å². The highest BCUT2D eigenvalue weighted by atomic mass is 32.2. The lowest BCUT2D eigenvalue weighted by Crippen LogP contribution is -2.51. The van der Waals surface area contributed by atoms with Gasteiger partial charge in [-0.15, -0.1) is 0 Å². The molecule has 1 saturated heterocycles. The highest BCUT2D eigenvalue weighted by molar-refractivity contribution is 7.92. The van der Waals surface area contributed by atoms with Crippen molar-refractivity contribution in [3.05, 3.63) is 60.2 Å². The SMILES string of the molecule is CCOc1ccc(N([C@H](C)C(=O)NCC2(c3ccccc3)CCOCC2)S(C)(=O)=O)cc1. The first-order chi connectivity index (χ1) is 15.3. The maximum atomic E-state index is 13.1. The summed E-state index contributed by atoms with van der Waals surface area (Å²) in [5.74, 6) is 0.303. The van der Waals surface area contributed by atoms with Crippen molar-refractivity contribution in [1.82, 2.24) is 5.32 Å². The van der Waals surface area contributed by atoms with E-state index in [1.54, 1.807) is 31.2 Å². The molecule has 0 bridgehead atoms. The lowest BCUT2D eigenvalue weighted by Gasteiger charge is -2.38. The maximum absolute atomic E-state index is 13.1. The molecule has 2 aromatic rings. The van der Waals surface area contributed by atoms with Crippen LogP contribution in [0.1, 0.15) is 32.3 Å². The number of amides is 1. The highest BCUT2D eigenvalue weighted by Crippen LogP contribution is 2.34. The predicted octanol–water partition coefficient (Wildman–Crippen LogP) is 3.10. The van der Waals surface area contributed by atoms with Crippen molar-refractivity contribution in [3.63, 3.8) is 0 Å². The minimum atomic E-state index is -3.69. The third kappa shape index (κ3) is 5.61. The zero-order valence-electron chi connectivity index (χ0n) is 18.9. The molecule has 1 fully saturated rings. The maximum Gasteiger partial charge on any atom is 0.243 e. The van der Waals surface area contributed by atoms with Gasteiger partial charge in [-0.05, 0) is 56.5 Å². The molecule has 1 heterocycles. The summed E-state index contributed by atoms with van der Waals surface area (Å²) < 4.78 is 37.3. The minimum absolute atomic E-state index is 0.232. The van der Waals surface area contributed by atoms with E-state index in [1.165, 1.54) is 0 Å². The normalized spacial score (nSPS) is 16.7. The molecular weight excluding hydrogens is 428 g/mol. The first-order valence-electron chi connectivity index (χ1n) is 10.9. The van der Waals surface area contributed by atoms with Gasteiger partial charge in [-0.25, -0.2) is 8.42 Å². The molecule has 0 radical (unpaired) electrons. The van der Waals surface area contributed by atoms with Gasteiger partial charge < -0.3 is 14.8 Å². The number of nitrogens with zero attached hydrogens (tertiary/aromatic N) is 1. The molecule has 7 nitrogen and oxygen atoms in total. The molecule has 1 amide bonds. The van der Waals surface area contributed by atoms with Crippen LogP contribution < -0.4 is 14.4 Å². The molecule has 32 heavy (non-hydrogen) atoms. The van der Waals surface area contributed by atoms with Gasteiger partial charge >= 0.3 is 0 Å². The van der Waals surface area contributed by atoms with Crippen LogP contribution in [0.25, 0.3) is 0 Å². The van der Waals surface area contributed by atoms with E-state index in [9.17, 15) is 13.2 Å². The summed E-state index contributed by atoms with van der Waals surface area (Å²) in [6.45, 7) is 5.67. The Kier molecular flexibility index (Phi) is 7.79. The molecular formula is C24H32N2O5S. The molecule has 0 saturated carbocycles. The van der Waals surface area contributed by atoms with E-state index in [1.807, 2.05) is 25.1 Å². The van der Waals surface area contributed by atoms with Crippen LogP contribution in [0.3, 0.4) is 0 Å². The standard InChI is InChI=1S/C24H32N2O5S/c1-4-31-22-12-10-21(11-13-22)26(32(3,28)29)19(2)23(27)25-18-24(14-16-30-17-15-24)20-8-6-5-7-9-20/h5-13,19H,4,14-18H2,1-3H3,(H,25,27)/t19-/m1/s1. The molecule has 0 spiro atoms. The summed E-state index contributed by atoms with van der Waals surface area (Å²) in [5.41, 5.74) is 1.34. The number of anilines is 1. The van der Waals surface area contributed by atoms with Crippen LogP contribution in [0.2, 0.25) is 0 Å². The van der Waals surface area contributed by atoms with Crippen molar-refractivity contribution in [1.29, 1.82) is 0 Å². The summed E-state index contributed by atoms with van der Waals surface area (Å²) in [6, 6.07) is 15.9. The molecule has 3 rings (SSSR count). The smallest absolute Gasteiger partial charge is 0.243 e. The molecule has 2 aromatic carbocycles. The van der Waals surface area contributed by atoms with Crippen LogP contribution in [0.15, 0.2) is 54.6 Å². The van der Waals surface area contributed by atoms with Gasteiger partial charge in [-0.2, -0.15) is 0 Å². The molecule has 0 aromatic heterocycles. The number of ether oxygens (including phenoxy) is 2. The van der Waals surface area contributed by atoms with Crippen molar-refractivity contribution >= 4 is 21.6 Å². The van der Waals surface area contributed by atoms with Crippen LogP contribution in [0.4, 0.5) is 5.69 Å². The van der Waals surface area contributed by atoms with Crippen molar-refractivity contribution in [2.24, 2.45) is 0 Å². The van der Waals surface area contributed by atoms with E-state index < -0.39 is 16.1 Å². The van der Waals surface area contributed by atoms with Gasteiger partial charge in [0.05, 0.1) is 18.6 Å². The van der Waals surface area contributed by atoms with Crippen LogP contribution >= 0.6 is 0 Å². The van der Waals surface area contributed by atoms with Gasteiger partial charge in [-0.1, -0.05) is 30.3 Å². The minimum Gasteiger partial charge on any atom is -0.494 e. The molecule has 1 atom stereocenters. The number of nitrogens with one attached hydrogen (secondary N) is 1. The summed E-state index contributed by atoms with van der Waals surface area (Å²) in [7, 11) is -3.69. The number of rotatable bonds is 9. The number of hydrogen-bond donors (Lipinski definition) is 1. The summed E-state index contributed by atoms with van der Waals surface area (Å²) in [5, 5.41) is 3.02. The topological polar surface area (TPSA) is 84.9 Å². The highest BCUT2D eigenvalue weighted by Gasteiger charge is 2.36. The Morgan fingerprint density at radius 2 is 1.75 bits per heavy atom. The fourth-order valence-corrected chi connectivity index (χ4v) is 5.36. The first kappa shape index (κ1) is 24.1. The number of sulfonamides is 1. The third-order valence-electron chi connectivity index (χ3n) is 5.93. The first-order valence-corrected chi connectivity index (χ1v) is 12.7. The Balaban J connectivity index is 1.78. The molecule has 1 aliphatic heterocycles. The van der Waals surface area contributed by atoms with Crippen LogP contribution in [-0.4, -0.2) is 53.0 Å². The lowest BCUT2D eigenvalue weighted by molar-refractivity contribution is -0.122. The largest absolute Gasteiger partial charge is 0.494 e. The Hall–Kier alpha value is -2.58. The van der Waals surface area contributed by atoms with Crippen molar-refractivity contribution in [2.45, 2.75) is 38.1 Å². The number of carbonyl (C=O) groups excluding carboxylic acids is 1. The lowest BCUT2D eigenvalue weighted by atomic mass is 9.74. The number of hydrogen-bond acceptors (Lipinski definition) is 5. The number of carbonyl (C=O) groups is 1. The average Bonchev–Trinajstić information content (AvgIpc) is 2.79. The molecule has 0 aliphatic carbocycles. The Labute approximate surface area is 190 Å². The van der Waals surface area contributed by atoms with E-state index in [2.05, 4.69) is 17.4 Å². The van der Waals surface area contributed by atoms with Gasteiger partial charge in [0.25, 0.3) is 0 Å². The van der Waals surface area contributed by atoms with Gasteiger partial charge in [-0.3, -0.25) is 9.10 Å². The van der Waals surface area contributed by atoms with E-state index >= 15 is 0 Å². The van der Waals surface area contributed by atoms with E-state index in [-0.39, 0.29) is 11.3 Å². The fourth-order valence-electron chi connectivity index (χ4n) is 4.19.